The molecule has 0 aliphatic carbocycles. The number of hydrogen-bond acceptors (Lipinski definition) is 3. The van der Waals surface area contributed by atoms with E-state index in [1.165, 1.54) is 0 Å². The Morgan fingerprint density at radius 3 is 2.71 bits per heavy atom. The molecule has 0 aromatic heterocycles. The maximum Gasteiger partial charge on any atom is 0.411 e. The van der Waals surface area contributed by atoms with E-state index in [0.29, 0.717) is 23.9 Å². The van der Waals surface area contributed by atoms with Gasteiger partial charge in [-0.25, -0.2) is 4.79 Å². The molecule has 1 aromatic rings. The fraction of sp³-hybridized carbons (Fsp3) is 0.417. The lowest BCUT2D eigenvalue weighted by atomic mass is 10.2. The van der Waals surface area contributed by atoms with Gasteiger partial charge in [0, 0.05) is 4.47 Å². The minimum atomic E-state index is -0.491. The second-order valence-corrected chi connectivity index (χ2v) is 5.18. The number of aryl methyl sites for hydroxylation is 1. The lowest BCUT2D eigenvalue weighted by molar-refractivity contribution is 0.147. The molecule has 0 aliphatic rings. The van der Waals surface area contributed by atoms with Crippen LogP contribution in [0.25, 0.3) is 0 Å². The number of carbonyl (C=O) groups is 1. The molecular formula is C12H17BrN2O2. The molecule has 5 heteroatoms. The Bertz CT molecular complexity index is 396. The van der Waals surface area contributed by atoms with Crippen molar-refractivity contribution >= 4 is 33.4 Å². The Balaban J connectivity index is 2.72. The number of benzene rings is 1. The summed E-state index contributed by atoms with van der Waals surface area (Å²) in [4.78, 5) is 11.5. The number of nitrogens with one attached hydrogen (secondary N) is 1. The number of rotatable bonds is 3. The highest BCUT2D eigenvalue weighted by Crippen LogP contribution is 2.30. The molecule has 1 aromatic carbocycles. The Kier molecular flexibility index (Phi) is 4.81. The van der Waals surface area contributed by atoms with Gasteiger partial charge in [0.1, 0.15) is 0 Å². The monoisotopic (exact) mass is 300 g/mol. The van der Waals surface area contributed by atoms with Crippen LogP contribution in [0.3, 0.4) is 0 Å². The third kappa shape index (κ3) is 4.26. The number of carbonyl (C=O) groups excluding carboxylic acids is 1. The molecule has 0 heterocycles. The van der Waals surface area contributed by atoms with Crippen molar-refractivity contribution in [2.75, 3.05) is 17.7 Å². The van der Waals surface area contributed by atoms with Crippen molar-refractivity contribution in [2.45, 2.75) is 20.8 Å². The van der Waals surface area contributed by atoms with Crippen LogP contribution in [0.15, 0.2) is 16.6 Å². The molecule has 0 unspecified atom stereocenters. The SMILES string of the molecule is Cc1cc(N)c(NC(=O)OCC(C)C)c(Br)c1. The molecule has 0 bridgehead atoms. The zero-order valence-electron chi connectivity index (χ0n) is 10.2. The van der Waals surface area contributed by atoms with Gasteiger partial charge >= 0.3 is 6.09 Å². The van der Waals surface area contributed by atoms with Crippen LogP contribution in [0.1, 0.15) is 19.4 Å². The van der Waals surface area contributed by atoms with E-state index in [2.05, 4.69) is 21.2 Å². The van der Waals surface area contributed by atoms with E-state index < -0.39 is 6.09 Å². The number of halogens is 1. The van der Waals surface area contributed by atoms with Crippen LogP contribution in [0.5, 0.6) is 0 Å². The predicted molar refractivity (Wildman–Crippen MR) is 73.1 cm³/mol. The van der Waals surface area contributed by atoms with Crippen molar-refractivity contribution in [3.8, 4) is 0 Å². The van der Waals surface area contributed by atoms with Crippen LogP contribution >= 0.6 is 15.9 Å². The molecule has 0 saturated heterocycles. The van der Waals surface area contributed by atoms with Crippen molar-refractivity contribution in [3.05, 3.63) is 22.2 Å². The highest BCUT2D eigenvalue weighted by Gasteiger charge is 2.10. The lowest BCUT2D eigenvalue weighted by Gasteiger charge is -2.12. The van der Waals surface area contributed by atoms with Gasteiger partial charge in [0.2, 0.25) is 0 Å². The first-order chi connectivity index (χ1) is 7.90. The normalized spacial score (nSPS) is 10.4. The average molecular weight is 301 g/mol. The van der Waals surface area contributed by atoms with Crippen LogP contribution < -0.4 is 11.1 Å². The number of amides is 1. The summed E-state index contributed by atoms with van der Waals surface area (Å²) >= 11 is 3.36. The van der Waals surface area contributed by atoms with Crippen LogP contribution in [-0.2, 0) is 4.74 Å². The molecule has 94 valence electrons. The Labute approximate surface area is 110 Å². The maximum atomic E-state index is 11.5. The second-order valence-electron chi connectivity index (χ2n) is 4.33. The first-order valence-corrected chi connectivity index (χ1v) is 6.19. The topological polar surface area (TPSA) is 64.3 Å². The van der Waals surface area contributed by atoms with Crippen molar-refractivity contribution < 1.29 is 9.53 Å². The summed E-state index contributed by atoms with van der Waals surface area (Å²) in [6.45, 7) is 6.27. The minimum absolute atomic E-state index is 0.305. The van der Waals surface area contributed by atoms with Gasteiger partial charge in [-0.2, -0.15) is 0 Å². The van der Waals surface area contributed by atoms with E-state index in [4.69, 9.17) is 10.5 Å². The lowest BCUT2D eigenvalue weighted by Crippen LogP contribution is -2.17. The van der Waals surface area contributed by atoms with Crippen LogP contribution in [0.4, 0.5) is 16.2 Å². The smallest absolute Gasteiger partial charge is 0.411 e. The highest BCUT2D eigenvalue weighted by atomic mass is 79.9. The van der Waals surface area contributed by atoms with Crippen molar-refractivity contribution in [1.29, 1.82) is 0 Å². The van der Waals surface area contributed by atoms with Crippen molar-refractivity contribution in [3.63, 3.8) is 0 Å². The number of anilines is 2. The molecule has 0 radical (unpaired) electrons. The van der Waals surface area contributed by atoms with Crippen molar-refractivity contribution in [1.82, 2.24) is 0 Å². The largest absolute Gasteiger partial charge is 0.449 e. The zero-order chi connectivity index (χ0) is 13.0. The Hall–Kier alpha value is -1.23. The molecule has 0 aliphatic heterocycles. The molecular weight excluding hydrogens is 284 g/mol. The summed E-state index contributed by atoms with van der Waals surface area (Å²) in [6.07, 6.45) is -0.491. The number of nitrogens with two attached hydrogens (primary N) is 1. The number of nitrogen functional groups attached to an aromatic ring is 1. The summed E-state index contributed by atoms with van der Waals surface area (Å²) < 4.78 is 5.77. The zero-order valence-corrected chi connectivity index (χ0v) is 11.8. The van der Waals surface area contributed by atoms with Gasteiger partial charge in [0.05, 0.1) is 18.0 Å². The molecule has 0 saturated carbocycles. The van der Waals surface area contributed by atoms with E-state index in [1.807, 2.05) is 26.8 Å². The molecule has 3 N–H and O–H groups in total. The highest BCUT2D eigenvalue weighted by molar-refractivity contribution is 9.10. The van der Waals surface area contributed by atoms with Gasteiger partial charge in [-0.15, -0.1) is 0 Å². The van der Waals surface area contributed by atoms with E-state index in [-0.39, 0.29) is 0 Å². The quantitative estimate of drug-likeness (QED) is 0.839. The molecule has 0 atom stereocenters. The molecule has 1 rings (SSSR count). The Morgan fingerprint density at radius 2 is 2.18 bits per heavy atom. The number of ether oxygens (including phenoxy) is 1. The Morgan fingerprint density at radius 1 is 1.53 bits per heavy atom. The van der Waals surface area contributed by atoms with Crippen LogP contribution in [-0.4, -0.2) is 12.7 Å². The first-order valence-electron chi connectivity index (χ1n) is 5.39. The summed E-state index contributed by atoms with van der Waals surface area (Å²) in [5.41, 5.74) is 7.91. The predicted octanol–water partition coefficient (Wildman–Crippen LogP) is 3.54. The summed E-state index contributed by atoms with van der Waals surface area (Å²) in [7, 11) is 0. The van der Waals surface area contributed by atoms with Gasteiger partial charge in [0.15, 0.2) is 0 Å². The fourth-order valence-electron chi connectivity index (χ4n) is 1.28. The van der Waals surface area contributed by atoms with Gasteiger partial charge in [0.25, 0.3) is 0 Å². The first kappa shape index (κ1) is 13.8. The van der Waals surface area contributed by atoms with E-state index in [1.54, 1.807) is 6.07 Å². The van der Waals surface area contributed by atoms with Gasteiger partial charge < -0.3 is 10.5 Å². The van der Waals surface area contributed by atoms with Gasteiger partial charge in [-0.05, 0) is 46.5 Å². The molecule has 4 nitrogen and oxygen atoms in total. The second kappa shape index (κ2) is 5.91. The molecule has 1 amide bonds. The fourth-order valence-corrected chi connectivity index (χ4v) is 1.97. The standard InChI is InChI=1S/C12H17BrN2O2/c1-7(2)6-17-12(16)15-11-9(13)4-8(3)5-10(11)14/h4-5,7H,6,14H2,1-3H3,(H,15,16). The van der Waals surface area contributed by atoms with Crippen LogP contribution in [0, 0.1) is 12.8 Å². The molecule has 0 fully saturated rings. The maximum absolute atomic E-state index is 11.5. The molecule has 0 spiro atoms. The summed E-state index contributed by atoms with van der Waals surface area (Å²) in [5, 5.41) is 2.63. The summed E-state index contributed by atoms with van der Waals surface area (Å²) in [6, 6.07) is 3.68. The van der Waals surface area contributed by atoms with Crippen molar-refractivity contribution in [2.24, 2.45) is 5.92 Å². The summed E-state index contributed by atoms with van der Waals surface area (Å²) in [5.74, 6) is 0.305. The average Bonchev–Trinajstić information content (AvgIpc) is 2.20. The minimum Gasteiger partial charge on any atom is -0.449 e. The third-order valence-electron chi connectivity index (χ3n) is 2.04. The van der Waals surface area contributed by atoms with E-state index >= 15 is 0 Å². The van der Waals surface area contributed by atoms with Crippen LogP contribution in [0.2, 0.25) is 0 Å². The third-order valence-corrected chi connectivity index (χ3v) is 2.67. The van der Waals surface area contributed by atoms with E-state index in [9.17, 15) is 4.79 Å². The van der Waals surface area contributed by atoms with Gasteiger partial charge in [-0.3, -0.25) is 5.32 Å². The van der Waals surface area contributed by atoms with Gasteiger partial charge in [-0.1, -0.05) is 13.8 Å². The van der Waals surface area contributed by atoms with E-state index in [0.717, 1.165) is 10.0 Å². The molecule has 17 heavy (non-hydrogen) atoms. The number of hydrogen-bond donors (Lipinski definition) is 2.